The van der Waals surface area contributed by atoms with Crippen LogP contribution in [-0.2, 0) is 37.3 Å². The summed E-state index contributed by atoms with van der Waals surface area (Å²) in [6, 6.07) is 20.6. The van der Waals surface area contributed by atoms with E-state index >= 15 is 0 Å². The lowest BCUT2D eigenvalue weighted by molar-refractivity contribution is 0.0904. The molecule has 4 N–H and O–H groups in total. The van der Waals surface area contributed by atoms with Crippen LogP contribution in [0.25, 0.3) is 22.2 Å². The second-order valence-electron chi connectivity index (χ2n) is 15.2. The SMILES string of the molecule is CCc1nc2c(cnn2CC)c(NC2CCOCC2)c1CNC(=O)c1cc(C)cc(C(=O)NCc2ccc(OC)c(-c3cccc(CN4CCNC[C@@H]4C)c3)c2)c1. The van der Waals surface area contributed by atoms with Crippen LogP contribution in [0.4, 0.5) is 5.69 Å². The molecule has 0 saturated carbocycles. The number of piperazine rings is 1. The molecule has 0 bridgehead atoms. The number of aromatic nitrogens is 3. The number of amides is 2. The molecule has 2 aliphatic rings. The number of ether oxygens (including phenoxy) is 2. The molecule has 2 aromatic heterocycles. The Labute approximate surface area is 335 Å². The van der Waals surface area contributed by atoms with Gasteiger partial charge in [-0.3, -0.25) is 14.5 Å². The maximum absolute atomic E-state index is 13.8. The average Bonchev–Trinajstić information content (AvgIpc) is 3.66. The van der Waals surface area contributed by atoms with E-state index < -0.39 is 0 Å². The molecule has 7 rings (SSSR count). The van der Waals surface area contributed by atoms with Crippen molar-refractivity contribution in [3.63, 3.8) is 0 Å². The topological polar surface area (TPSA) is 135 Å². The Morgan fingerprint density at radius 3 is 2.46 bits per heavy atom. The van der Waals surface area contributed by atoms with Crippen molar-refractivity contribution in [2.75, 3.05) is 45.3 Å². The van der Waals surface area contributed by atoms with E-state index in [1.54, 1.807) is 13.2 Å². The second kappa shape index (κ2) is 18.3. The molecule has 2 saturated heterocycles. The molecule has 0 spiro atoms. The average molecular weight is 773 g/mol. The van der Waals surface area contributed by atoms with E-state index in [9.17, 15) is 9.59 Å². The number of anilines is 1. The number of aryl methyl sites for hydroxylation is 3. The molecule has 2 aliphatic heterocycles. The molecule has 2 amide bonds. The van der Waals surface area contributed by atoms with Gasteiger partial charge in [-0.05, 0) is 98.7 Å². The van der Waals surface area contributed by atoms with Crippen molar-refractivity contribution >= 4 is 28.5 Å². The first-order chi connectivity index (χ1) is 27.7. The molecule has 5 aromatic rings. The molecule has 0 unspecified atom stereocenters. The summed E-state index contributed by atoms with van der Waals surface area (Å²) in [6.07, 6.45) is 4.37. The molecule has 3 aromatic carbocycles. The summed E-state index contributed by atoms with van der Waals surface area (Å²) in [6.45, 7) is 14.9. The number of hydrogen-bond acceptors (Lipinski definition) is 9. The van der Waals surface area contributed by atoms with E-state index in [0.29, 0.717) is 49.9 Å². The Morgan fingerprint density at radius 1 is 0.965 bits per heavy atom. The number of carbonyl (C=O) groups excluding carboxylic acids is 2. The Balaban J connectivity index is 1.05. The number of carbonyl (C=O) groups is 2. The molecule has 12 heteroatoms. The lowest BCUT2D eigenvalue weighted by Crippen LogP contribution is -2.49. The number of pyridine rings is 1. The minimum absolute atomic E-state index is 0.249. The first-order valence-electron chi connectivity index (χ1n) is 20.3. The Bertz CT molecular complexity index is 2210. The number of rotatable bonds is 14. The van der Waals surface area contributed by atoms with E-state index in [0.717, 1.165) is 95.0 Å². The lowest BCUT2D eigenvalue weighted by Gasteiger charge is -2.34. The van der Waals surface area contributed by atoms with Crippen LogP contribution in [0.3, 0.4) is 0 Å². The van der Waals surface area contributed by atoms with Crippen molar-refractivity contribution < 1.29 is 19.1 Å². The van der Waals surface area contributed by atoms with Gasteiger partial charge in [-0.1, -0.05) is 31.2 Å². The molecule has 1 atom stereocenters. The van der Waals surface area contributed by atoms with Gasteiger partial charge in [0.1, 0.15) is 5.75 Å². The highest BCUT2D eigenvalue weighted by Gasteiger charge is 2.23. The zero-order chi connectivity index (χ0) is 39.9. The molecule has 57 heavy (non-hydrogen) atoms. The van der Waals surface area contributed by atoms with E-state index in [1.165, 1.54) is 5.56 Å². The van der Waals surface area contributed by atoms with Crippen LogP contribution >= 0.6 is 0 Å². The highest BCUT2D eigenvalue weighted by atomic mass is 16.5. The molecule has 2 fully saturated rings. The Kier molecular flexibility index (Phi) is 12.8. The van der Waals surface area contributed by atoms with Gasteiger partial charge >= 0.3 is 0 Å². The fourth-order valence-corrected chi connectivity index (χ4v) is 7.98. The summed E-state index contributed by atoms with van der Waals surface area (Å²) in [5.41, 5.74) is 9.57. The van der Waals surface area contributed by atoms with Crippen molar-refractivity contribution in [2.24, 2.45) is 0 Å². The Morgan fingerprint density at radius 2 is 1.74 bits per heavy atom. The standard InChI is InChI=1S/C45H56N8O4/c1-6-40-38(42(50-36-13-17-57-18-14-36)39-27-49-53(7-2)43(39)51-40)26-48-45(55)35-20-29(3)19-34(23-35)44(54)47-25-31-11-12-41(56-5)37(22-31)33-10-8-9-32(21-33)28-52-16-15-46-24-30(52)4/h8-12,19-23,27,30,36,46H,6-7,13-18,24-26,28H2,1-5H3,(H,47,54)(H,48,55)(H,50,51)/t30-/m0/s1. The van der Waals surface area contributed by atoms with Crippen molar-refractivity contribution in [1.82, 2.24) is 35.6 Å². The van der Waals surface area contributed by atoms with Gasteiger partial charge in [0.25, 0.3) is 11.8 Å². The normalized spacial score (nSPS) is 16.4. The van der Waals surface area contributed by atoms with Gasteiger partial charge < -0.3 is 30.7 Å². The summed E-state index contributed by atoms with van der Waals surface area (Å²) >= 11 is 0. The maximum atomic E-state index is 13.8. The van der Waals surface area contributed by atoms with E-state index in [4.69, 9.17) is 14.5 Å². The van der Waals surface area contributed by atoms with Crippen molar-refractivity contribution in [1.29, 1.82) is 0 Å². The van der Waals surface area contributed by atoms with Crippen LogP contribution in [0, 0.1) is 6.92 Å². The van der Waals surface area contributed by atoms with Gasteiger partial charge in [-0.15, -0.1) is 0 Å². The third-order valence-corrected chi connectivity index (χ3v) is 11.2. The molecule has 4 heterocycles. The number of fused-ring (bicyclic) bond motifs is 1. The largest absolute Gasteiger partial charge is 0.496 e. The zero-order valence-corrected chi connectivity index (χ0v) is 33.9. The third-order valence-electron chi connectivity index (χ3n) is 11.2. The summed E-state index contributed by atoms with van der Waals surface area (Å²) in [4.78, 5) is 34.9. The van der Waals surface area contributed by atoms with Crippen molar-refractivity contribution in [2.45, 2.75) is 85.2 Å². The molecular weight excluding hydrogens is 717 g/mol. The highest BCUT2D eigenvalue weighted by Crippen LogP contribution is 2.33. The van der Waals surface area contributed by atoms with Crippen LogP contribution in [0.2, 0.25) is 0 Å². The first-order valence-corrected chi connectivity index (χ1v) is 20.3. The van der Waals surface area contributed by atoms with Crippen LogP contribution < -0.4 is 26.0 Å². The van der Waals surface area contributed by atoms with E-state index in [-0.39, 0.29) is 24.4 Å². The minimum atomic E-state index is -0.260. The number of hydrogen-bond donors (Lipinski definition) is 4. The lowest BCUT2D eigenvalue weighted by atomic mass is 9.99. The van der Waals surface area contributed by atoms with Crippen LogP contribution in [0.1, 0.15) is 82.3 Å². The predicted molar refractivity (Wildman–Crippen MR) is 225 cm³/mol. The summed E-state index contributed by atoms with van der Waals surface area (Å²) in [5.74, 6) is 0.261. The van der Waals surface area contributed by atoms with Crippen LogP contribution in [0.15, 0.2) is 66.9 Å². The number of nitrogens with zero attached hydrogens (tertiary/aromatic N) is 4. The molecule has 300 valence electrons. The Hall–Kier alpha value is -5.30. The molecule has 0 radical (unpaired) electrons. The van der Waals surface area contributed by atoms with Gasteiger partial charge in [-0.2, -0.15) is 5.10 Å². The van der Waals surface area contributed by atoms with Gasteiger partial charge in [0, 0.05) is 99.1 Å². The molecule has 12 nitrogen and oxygen atoms in total. The zero-order valence-electron chi connectivity index (χ0n) is 33.9. The van der Waals surface area contributed by atoms with Crippen molar-refractivity contribution in [3.05, 3.63) is 106 Å². The highest BCUT2D eigenvalue weighted by molar-refractivity contribution is 6.00. The minimum Gasteiger partial charge on any atom is -0.496 e. The number of nitrogens with one attached hydrogen (secondary N) is 4. The molecule has 0 aliphatic carbocycles. The smallest absolute Gasteiger partial charge is 0.251 e. The summed E-state index contributed by atoms with van der Waals surface area (Å²) in [5, 5.41) is 19.0. The maximum Gasteiger partial charge on any atom is 0.251 e. The fraction of sp³-hybridized carbons (Fsp3) is 0.422. The quantitative estimate of drug-likeness (QED) is 0.104. The van der Waals surface area contributed by atoms with Gasteiger partial charge in [0.15, 0.2) is 5.65 Å². The first kappa shape index (κ1) is 39.9. The summed E-state index contributed by atoms with van der Waals surface area (Å²) < 4.78 is 13.3. The number of benzene rings is 3. The fourth-order valence-electron chi connectivity index (χ4n) is 7.98. The second-order valence-corrected chi connectivity index (χ2v) is 15.2. The predicted octanol–water partition coefficient (Wildman–Crippen LogP) is 6.24. The third kappa shape index (κ3) is 9.30. The van der Waals surface area contributed by atoms with Gasteiger partial charge in [-0.25, -0.2) is 9.67 Å². The van der Waals surface area contributed by atoms with Gasteiger partial charge in [0.2, 0.25) is 0 Å². The summed E-state index contributed by atoms with van der Waals surface area (Å²) in [7, 11) is 1.68. The monoisotopic (exact) mass is 772 g/mol. The van der Waals surface area contributed by atoms with Crippen LogP contribution in [-0.4, -0.2) is 83.5 Å². The van der Waals surface area contributed by atoms with Crippen LogP contribution in [0.5, 0.6) is 5.75 Å². The molecular formula is C45H56N8O4. The number of methoxy groups -OCH3 is 1. The van der Waals surface area contributed by atoms with E-state index in [1.807, 2.05) is 42.1 Å². The van der Waals surface area contributed by atoms with Gasteiger partial charge in [0.05, 0.1) is 24.4 Å². The van der Waals surface area contributed by atoms with Crippen molar-refractivity contribution in [3.8, 4) is 16.9 Å². The van der Waals surface area contributed by atoms with E-state index in [2.05, 4.69) is 82.4 Å².